The number of hydrogen-bond donors (Lipinski definition) is 1. The highest BCUT2D eigenvalue weighted by Crippen LogP contribution is 2.04. The van der Waals surface area contributed by atoms with Gasteiger partial charge in [0.1, 0.15) is 5.82 Å². The van der Waals surface area contributed by atoms with Crippen molar-refractivity contribution in [3.05, 3.63) is 24.4 Å². The molecule has 1 N–H and O–H groups in total. The molecule has 1 rings (SSSR count). The van der Waals surface area contributed by atoms with Gasteiger partial charge in [0.05, 0.1) is 6.61 Å². The summed E-state index contributed by atoms with van der Waals surface area (Å²) < 4.78 is 0. The van der Waals surface area contributed by atoms with Gasteiger partial charge in [-0.3, -0.25) is 0 Å². The molecule has 11 heavy (non-hydrogen) atoms. The van der Waals surface area contributed by atoms with Crippen LogP contribution in [0, 0.1) is 6.07 Å². The summed E-state index contributed by atoms with van der Waals surface area (Å²) in [6.07, 6.45) is 1.61. The van der Waals surface area contributed by atoms with Crippen LogP contribution in [0.15, 0.2) is 18.3 Å². The van der Waals surface area contributed by atoms with E-state index in [4.69, 9.17) is 5.11 Å². The molecule has 0 fully saturated rings. The number of hydrogen-bond acceptors (Lipinski definition) is 3. The van der Waals surface area contributed by atoms with Crippen LogP contribution in [0.2, 0.25) is 0 Å². The summed E-state index contributed by atoms with van der Waals surface area (Å²) in [7, 11) is 1.89. The summed E-state index contributed by atoms with van der Waals surface area (Å²) in [6.45, 7) is 0.758. The van der Waals surface area contributed by atoms with Crippen molar-refractivity contribution in [3.63, 3.8) is 0 Å². The topological polar surface area (TPSA) is 36.4 Å². The van der Waals surface area contributed by atoms with Gasteiger partial charge in [-0.2, -0.15) is 0 Å². The summed E-state index contributed by atoms with van der Waals surface area (Å²) in [5.41, 5.74) is 0. The Morgan fingerprint density at radius 2 is 2.55 bits per heavy atom. The van der Waals surface area contributed by atoms with E-state index in [0.717, 1.165) is 5.82 Å². The molecule has 0 aliphatic rings. The van der Waals surface area contributed by atoms with Gasteiger partial charge in [0.2, 0.25) is 0 Å². The first kappa shape index (κ1) is 8.01. The number of aliphatic hydroxyl groups is 1. The van der Waals surface area contributed by atoms with Crippen molar-refractivity contribution < 1.29 is 5.11 Å². The molecule has 1 aromatic rings. The zero-order valence-electron chi connectivity index (χ0n) is 6.49. The molecule has 59 valence electrons. The fourth-order valence-electron chi connectivity index (χ4n) is 0.802. The predicted octanol–water partition coefficient (Wildman–Crippen LogP) is 0.310. The van der Waals surface area contributed by atoms with E-state index in [2.05, 4.69) is 11.1 Å². The van der Waals surface area contributed by atoms with E-state index in [0.29, 0.717) is 6.54 Å². The molecule has 0 aliphatic carbocycles. The van der Waals surface area contributed by atoms with Crippen LogP contribution in [0.1, 0.15) is 0 Å². The number of rotatable bonds is 3. The Morgan fingerprint density at radius 1 is 1.73 bits per heavy atom. The molecule has 0 atom stereocenters. The lowest BCUT2D eigenvalue weighted by atomic mass is 10.4. The minimum atomic E-state index is 0.150. The minimum absolute atomic E-state index is 0.150. The van der Waals surface area contributed by atoms with Crippen LogP contribution in [0.3, 0.4) is 0 Å². The van der Waals surface area contributed by atoms with Gasteiger partial charge in [0.15, 0.2) is 0 Å². The summed E-state index contributed by atoms with van der Waals surface area (Å²) in [5.74, 6) is 0.859. The lowest BCUT2D eigenvalue weighted by Crippen LogP contribution is -2.21. The average Bonchev–Trinajstić information content (AvgIpc) is 2.07. The largest absolute Gasteiger partial charge is 0.395 e. The van der Waals surface area contributed by atoms with Crippen LogP contribution in [-0.4, -0.2) is 30.3 Å². The van der Waals surface area contributed by atoms with E-state index in [9.17, 15) is 0 Å². The Labute approximate surface area is 66.3 Å². The summed E-state index contributed by atoms with van der Waals surface area (Å²) in [4.78, 5) is 5.94. The lowest BCUT2D eigenvalue weighted by Gasteiger charge is -2.15. The van der Waals surface area contributed by atoms with E-state index in [-0.39, 0.29) is 6.61 Å². The molecule has 1 aromatic heterocycles. The van der Waals surface area contributed by atoms with Crippen molar-refractivity contribution in [3.8, 4) is 0 Å². The van der Waals surface area contributed by atoms with Gasteiger partial charge < -0.3 is 10.0 Å². The monoisotopic (exact) mass is 151 g/mol. The van der Waals surface area contributed by atoms with Gasteiger partial charge in [-0.05, 0) is 12.1 Å². The van der Waals surface area contributed by atoms with Gasteiger partial charge in [-0.15, -0.1) is 0 Å². The molecule has 0 aromatic carbocycles. The number of anilines is 1. The first-order valence-corrected chi connectivity index (χ1v) is 3.48. The molecule has 1 radical (unpaired) electrons. The SMILES string of the molecule is CN(CCO)c1cc[c]cn1. The molecule has 0 bridgehead atoms. The Kier molecular flexibility index (Phi) is 2.86. The number of likely N-dealkylation sites (N-methyl/N-ethyl adjacent to an activating group) is 1. The molecule has 0 unspecified atom stereocenters. The Balaban J connectivity index is 2.61. The van der Waals surface area contributed by atoms with Crippen molar-refractivity contribution in [2.75, 3.05) is 25.1 Å². The van der Waals surface area contributed by atoms with Crippen molar-refractivity contribution in [2.45, 2.75) is 0 Å². The van der Waals surface area contributed by atoms with Crippen LogP contribution in [-0.2, 0) is 0 Å². The molecule has 3 heteroatoms. The molecule has 0 aliphatic heterocycles. The maximum atomic E-state index is 8.62. The fourth-order valence-corrected chi connectivity index (χ4v) is 0.802. The minimum Gasteiger partial charge on any atom is -0.395 e. The molecule has 1 heterocycles. The normalized spacial score (nSPS) is 9.64. The third kappa shape index (κ3) is 2.20. The number of nitrogens with zero attached hydrogens (tertiary/aromatic N) is 2. The van der Waals surface area contributed by atoms with Crippen LogP contribution in [0.5, 0.6) is 0 Å². The van der Waals surface area contributed by atoms with Gasteiger partial charge in [-0.1, -0.05) is 0 Å². The molecule has 0 spiro atoms. The molecular weight excluding hydrogens is 140 g/mol. The van der Waals surface area contributed by atoms with E-state index < -0.39 is 0 Å². The van der Waals surface area contributed by atoms with Gasteiger partial charge in [-0.25, -0.2) is 4.98 Å². The Bertz CT molecular complexity index is 201. The van der Waals surface area contributed by atoms with E-state index >= 15 is 0 Å². The van der Waals surface area contributed by atoms with Crippen molar-refractivity contribution in [2.24, 2.45) is 0 Å². The van der Waals surface area contributed by atoms with E-state index in [1.54, 1.807) is 12.3 Å². The van der Waals surface area contributed by atoms with E-state index in [1.807, 2.05) is 18.0 Å². The second kappa shape index (κ2) is 3.93. The second-order valence-corrected chi connectivity index (χ2v) is 2.26. The summed E-state index contributed by atoms with van der Waals surface area (Å²) in [5, 5.41) is 8.62. The van der Waals surface area contributed by atoms with Crippen LogP contribution >= 0.6 is 0 Å². The highest BCUT2D eigenvalue weighted by atomic mass is 16.3. The Morgan fingerprint density at radius 3 is 3.09 bits per heavy atom. The third-order valence-corrected chi connectivity index (χ3v) is 1.43. The fraction of sp³-hybridized carbons (Fsp3) is 0.375. The number of pyridine rings is 1. The van der Waals surface area contributed by atoms with Gasteiger partial charge in [0, 0.05) is 25.9 Å². The summed E-state index contributed by atoms with van der Waals surface area (Å²) in [6, 6.07) is 6.49. The van der Waals surface area contributed by atoms with Gasteiger partial charge >= 0.3 is 0 Å². The van der Waals surface area contributed by atoms with Crippen LogP contribution in [0.4, 0.5) is 5.82 Å². The smallest absolute Gasteiger partial charge is 0.128 e. The highest BCUT2D eigenvalue weighted by molar-refractivity contribution is 5.35. The first-order valence-electron chi connectivity index (χ1n) is 3.48. The number of aromatic nitrogens is 1. The lowest BCUT2D eigenvalue weighted by molar-refractivity contribution is 0.304. The maximum Gasteiger partial charge on any atom is 0.128 e. The van der Waals surface area contributed by atoms with Gasteiger partial charge in [0.25, 0.3) is 0 Å². The molecule has 0 amide bonds. The first-order chi connectivity index (χ1) is 5.34. The van der Waals surface area contributed by atoms with Crippen molar-refractivity contribution >= 4 is 5.82 Å². The van der Waals surface area contributed by atoms with Crippen molar-refractivity contribution in [1.82, 2.24) is 4.98 Å². The maximum absolute atomic E-state index is 8.62. The molecule has 0 saturated heterocycles. The second-order valence-electron chi connectivity index (χ2n) is 2.26. The standard InChI is InChI=1S/C8H11N2O/c1-10(6-7-11)8-4-2-3-5-9-8/h2,4-5,11H,6-7H2,1H3. The molecule has 0 saturated carbocycles. The van der Waals surface area contributed by atoms with E-state index in [1.165, 1.54) is 0 Å². The van der Waals surface area contributed by atoms with Crippen molar-refractivity contribution in [1.29, 1.82) is 0 Å². The zero-order valence-corrected chi connectivity index (χ0v) is 6.49. The average molecular weight is 151 g/mol. The zero-order chi connectivity index (χ0) is 8.10. The predicted molar refractivity (Wildman–Crippen MR) is 43.4 cm³/mol. The summed E-state index contributed by atoms with van der Waals surface area (Å²) >= 11 is 0. The quantitative estimate of drug-likeness (QED) is 0.675. The highest BCUT2D eigenvalue weighted by Gasteiger charge is 1.97. The Hall–Kier alpha value is -1.09. The molecule has 3 nitrogen and oxygen atoms in total. The molecular formula is C8H11N2O. The third-order valence-electron chi connectivity index (χ3n) is 1.43. The van der Waals surface area contributed by atoms with Crippen LogP contribution < -0.4 is 4.90 Å². The van der Waals surface area contributed by atoms with Crippen LogP contribution in [0.25, 0.3) is 0 Å². The number of aliphatic hydroxyl groups excluding tert-OH is 1.